The maximum Gasteiger partial charge on any atom is 0.261 e. The fraction of sp³-hybridized carbons (Fsp3) is 0.381. The molecule has 3 rings (SSSR count). The highest BCUT2D eigenvalue weighted by atomic mass is 35.5. The van der Waals surface area contributed by atoms with Crippen LogP contribution in [0.2, 0.25) is 5.02 Å². The standard InChI is InChI=1S/C21H24ClNO4/c1-14-11-16(7-9-18(14)22)27-13-21(24)23-10-4-5-19(23)17-8-6-15(25-2)12-20(17)26-3/h6-9,11-12,19H,4-5,10,13H2,1-3H3. The molecule has 2 aromatic carbocycles. The third kappa shape index (κ3) is 4.30. The Morgan fingerprint density at radius 2 is 1.93 bits per heavy atom. The molecule has 1 atom stereocenters. The topological polar surface area (TPSA) is 48.0 Å². The van der Waals surface area contributed by atoms with Crippen LogP contribution in [0.4, 0.5) is 0 Å². The number of halogens is 1. The van der Waals surface area contributed by atoms with Crippen LogP contribution in [0.3, 0.4) is 0 Å². The third-order valence-electron chi connectivity index (χ3n) is 4.86. The van der Waals surface area contributed by atoms with E-state index in [1.54, 1.807) is 26.4 Å². The molecule has 0 bridgehead atoms. The lowest BCUT2D eigenvalue weighted by Crippen LogP contribution is -2.34. The largest absolute Gasteiger partial charge is 0.497 e. The van der Waals surface area contributed by atoms with Crippen LogP contribution in [0.5, 0.6) is 17.2 Å². The van der Waals surface area contributed by atoms with E-state index in [1.165, 1.54) is 0 Å². The monoisotopic (exact) mass is 389 g/mol. The van der Waals surface area contributed by atoms with Crippen LogP contribution in [-0.4, -0.2) is 38.2 Å². The highest BCUT2D eigenvalue weighted by Gasteiger charge is 2.32. The predicted octanol–water partition coefficient (Wildman–Crippen LogP) is 4.41. The van der Waals surface area contributed by atoms with Crippen molar-refractivity contribution in [2.45, 2.75) is 25.8 Å². The molecule has 1 amide bonds. The van der Waals surface area contributed by atoms with Crippen molar-refractivity contribution in [3.05, 3.63) is 52.5 Å². The molecule has 0 aromatic heterocycles. The summed E-state index contributed by atoms with van der Waals surface area (Å²) in [5.74, 6) is 2.06. The number of likely N-dealkylation sites (tertiary alicyclic amines) is 1. The normalized spacial score (nSPS) is 16.3. The summed E-state index contributed by atoms with van der Waals surface area (Å²) < 4.78 is 16.5. The Hall–Kier alpha value is -2.40. The highest BCUT2D eigenvalue weighted by molar-refractivity contribution is 6.31. The number of benzene rings is 2. The Kier molecular flexibility index (Phi) is 6.11. The fourth-order valence-corrected chi connectivity index (χ4v) is 3.53. The first-order valence-electron chi connectivity index (χ1n) is 8.94. The van der Waals surface area contributed by atoms with Gasteiger partial charge in [0.15, 0.2) is 6.61 Å². The zero-order chi connectivity index (χ0) is 19.4. The molecule has 6 heteroatoms. The van der Waals surface area contributed by atoms with E-state index >= 15 is 0 Å². The van der Waals surface area contributed by atoms with Crippen molar-refractivity contribution >= 4 is 17.5 Å². The number of methoxy groups -OCH3 is 2. The summed E-state index contributed by atoms with van der Waals surface area (Å²) in [7, 11) is 3.25. The Bertz CT molecular complexity index is 824. The number of rotatable bonds is 6. The lowest BCUT2D eigenvalue weighted by atomic mass is 10.0. The molecular weight excluding hydrogens is 366 g/mol. The van der Waals surface area contributed by atoms with Crippen molar-refractivity contribution in [1.82, 2.24) is 4.90 Å². The van der Waals surface area contributed by atoms with Crippen LogP contribution in [0.1, 0.15) is 30.0 Å². The summed E-state index contributed by atoms with van der Waals surface area (Å²) in [5, 5.41) is 0.680. The second-order valence-electron chi connectivity index (χ2n) is 6.55. The van der Waals surface area contributed by atoms with Crippen LogP contribution in [0.15, 0.2) is 36.4 Å². The van der Waals surface area contributed by atoms with Gasteiger partial charge in [-0.15, -0.1) is 0 Å². The minimum Gasteiger partial charge on any atom is -0.497 e. The third-order valence-corrected chi connectivity index (χ3v) is 5.29. The number of hydrogen-bond acceptors (Lipinski definition) is 4. The molecule has 0 spiro atoms. The molecule has 1 aliphatic heterocycles. The van der Waals surface area contributed by atoms with Gasteiger partial charge < -0.3 is 19.1 Å². The quantitative estimate of drug-likeness (QED) is 0.734. The molecule has 5 nitrogen and oxygen atoms in total. The number of carbonyl (C=O) groups excluding carboxylic acids is 1. The van der Waals surface area contributed by atoms with Gasteiger partial charge in [0.05, 0.1) is 20.3 Å². The Morgan fingerprint density at radius 3 is 2.63 bits per heavy atom. The fourth-order valence-electron chi connectivity index (χ4n) is 3.42. The number of nitrogens with zero attached hydrogens (tertiary/aromatic N) is 1. The molecule has 2 aromatic rings. The number of hydrogen-bond donors (Lipinski definition) is 0. The molecule has 144 valence electrons. The van der Waals surface area contributed by atoms with E-state index in [9.17, 15) is 4.79 Å². The average molecular weight is 390 g/mol. The van der Waals surface area contributed by atoms with Gasteiger partial charge in [0.2, 0.25) is 0 Å². The van der Waals surface area contributed by atoms with E-state index in [-0.39, 0.29) is 18.6 Å². The second kappa shape index (κ2) is 8.53. The Balaban J connectivity index is 1.72. The molecule has 0 saturated carbocycles. The predicted molar refractivity (Wildman–Crippen MR) is 105 cm³/mol. The molecule has 1 saturated heterocycles. The Labute approximate surface area is 164 Å². The van der Waals surface area contributed by atoms with Crippen molar-refractivity contribution in [3.63, 3.8) is 0 Å². The van der Waals surface area contributed by atoms with Gasteiger partial charge in [0, 0.05) is 23.2 Å². The molecule has 0 N–H and O–H groups in total. The lowest BCUT2D eigenvalue weighted by Gasteiger charge is -2.26. The van der Waals surface area contributed by atoms with Crippen molar-refractivity contribution in [2.24, 2.45) is 0 Å². The average Bonchev–Trinajstić information content (AvgIpc) is 3.17. The van der Waals surface area contributed by atoms with Gasteiger partial charge in [-0.1, -0.05) is 11.6 Å². The molecule has 1 aliphatic rings. The van der Waals surface area contributed by atoms with Gasteiger partial charge >= 0.3 is 0 Å². The van der Waals surface area contributed by atoms with Crippen LogP contribution in [0, 0.1) is 6.92 Å². The SMILES string of the molecule is COc1ccc(C2CCCN2C(=O)COc2ccc(Cl)c(C)c2)c(OC)c1. The highest BCUT2D eigenvalue weighted by Crippen LogP contribution is 2.38. The summed E-state index contributed by atoms with van der Waals surface area (Å²) in [5.41, 5.74) is 1.91. The summed E-state index contributed by atoms with van der Waals surface area (Å²) in [4.78, 5) is 14.7. The van der Waals surface area contributed by atoms with Crippen molar-refractivity contribution in [3.8, 4) is 17.2 Å². The van der Waals surface area contributed by atoms with E-state index in [0.29, 0.717) is 17.3 Å². The maximum absolute atomic E-state index is 12.8. The molecular formula is C21H24ClNO4. The molecule has 1 heterocycles. The summed E-state index contributed by atoms with van der Waals surface area (Å²) in [6.07, 6.45) is 1.85. The molecule has 0 aliphatic carbocycles. The van der Waals surface area contributed by atoms with Crippen molar-refractivity contribution < 1.29 is 19.0 Å². The van der Waals surface area contributed by atoms with E-state index < -0.39 is 0 Å². The summed E-state index contributed by atoms with van der Waals surface area (Å²) >= 11 is 6.03. The van der Waals surface area contributed by atoms with Crippen LogP contribution in [0.25, 0.3) is 0 Å². The van der Waals surface area contributed by atoms with Gasteiger partial charge in [-0.05, 0) is 55.7 Å². The first kappa shape index (κ1) is 19.4. The minimum absolute atomic E-state index is 0.00393. The van der Waals surface area contributed by atoms with E-state index in [4.69, 9.17) is 25.8 Å². The Morgan fingerprint density at radius 1 is 1.15 bits per heavy atom. The van der Waals surface area contributed by atoms with Gasteiger partial charge in [0.25, 0.3) is 5.91 Å². The van der Waals surface area contributed by atoms with Gasteiger partial charge in [-0.2, -0.15) is 0 Å². The number of aryl methyl sites for hydroxylation is 1. The number of ether oxygens (including phenoxy) is 3. The van der Waals surface area contributed by atoms with E-state index in [0.717, 1.165) is 35.5 Å². The van der Waals surface area contributed by atoms with Crippen molar-refractivity contribution in [1.29, 1.82) is 0 Å². The second-order valence-corrected chi connectivity index (χ2v) is 6.96. The first-order chi connectivity index (χ1) is 13.0. The van der Waals surface area contributed by atoms with Crippen LogP contribution < -0.4 is 14.2 Å². The zero-order valence-electron chi connectivity index (χ0n) is 15.8. The smallest absolute Gasteiger partial charge is 0.261 e. The lowest BCUT2D eigenvalue weighted by molar-refractivity contribution is -0.134. The van der Waals surface area contributed by atoms with Crippen molar-refractivity contribution in [2.75, 3.05) is 27.4 Å². The van der Waals surface area contributed by atoms with Gasteiger partial charge in [-0.3, -0.25) is 4.79 Å². The number of amides is 1. The van der Waals surface area contributed by atoms with Gasteiger partial charge in [-0.25, -0.2) is 0 Å². The molecule has 1 fully saturated rings. The summed E-state index contributed by atoms with van der Waals surface area (Å²) in [6, 6.07) is 11.1. The van der Waals surface area contributed by atoms with Crippen LogP contribution >= 0.6 is 11.6 Å². The first-order valence-corrected chi connectivity index (χ1v) is 9.31. The van der Waals surface area contributed by atoms with Gasteiger partial charge in [0.1, 0.15) is 17.2 Å². The van der Waals surface area contributed by atoms with E-state index in [1.807, 2.05) is 36.1 Å². The zero-order valence-corrected chi connectivity index (χ0v) is 16.6. The molecule has 27 heavy (non-hydrogen) atoms. The number of carbonyl (C=O) groups is 1. The van der Waals surface area contributed by atoms with E-state index in [2.05, 4.69) is 0 Å². The minimum atomic E-state index is -0.0389. The summed E-state index contributed by atoms with van der Waals surface area (Å²) in [6.45, 7) is 2.61. The van der Waals surface area contributed by atoms with Crippen LogP contribution in [-0.2, 0) is 4.79 Å². The molecule has 0 radical (unpaired) electrons. The maximum atomic E-state index is 12.8. The molecule has 1 unspecified atom stereocenters.